The SMILES string of the molecule is NNC(=O)Cn1nnnc1C(N)=O. The van der Waals surface area contributed by atoms with Gasteiger partial charge in [-0.25, -0.2) is 10.5 Å². The van der Waals surface area contributed by atoms with Crippen LogP contribution in [0, 0.1) is 0 Å². The van der Waals surface area contributed by atoms with Gasteiger partial charge in [0.05, 0.1) is 0 Å². The molecule has 0 bridgehead atoms. The van der Waals surface area contributed by atoms with Crippen molar-refractivity contribution in [3.63, 3.8) is 0 Å². The molecule has 1 aromatic heterocycles. The Morgan fingerprint density at radius 2 is 2.23 bits per heavy atom. The average Bonchev–Trinajstić information content (AvgIpc) is 2.52. The maximum atomic E-state index is 10.7. The second-order valence-corrected chi connectivity index (χ2v) is 2.09. The Balaban J connectivity index is 2.82. The van der Waals surface area contributed by atoms with E-state index in [4.69, 9.17) is 11.6 Å². The molecule has 0 spiro atoms. The molecule has 0 saturated carbocycles. The van der Waals surface area contributed by atoms with Crippen LogP contribution in [0.1, 0.15) is 10.6 Å². The highest BCUT2D eigenvalue weighted by Gasteiger charge is 2.13. The van der Waals surface area contributed by atoms with E-state index in [1.807, 2.05) is 5.43 Å². The molecule has 0 aliphatic heterocycles. The molecule has 1 aromatic rings. The predicted molar refractivity (Wildman–Crippen MR) is 38.7 cm³/mol. The van der Waals surface area contributed by atoms with Crippen molar-refractivity contribution in [3.8, 4) is 0 Å². The van der Waals surface area contributed by atoms with Crippen molar-refractivity contribution in [2.24, 2.45) is 11.6 Å². The minimum absolute atomic E-state index is 0.191. The van der Waals surface area contributed by atoms with Crippen LogP contribution in [0.5, 0.6) is 0 Å². The van der Waals surface area contributed by atoms with Crippen molar-refractivity contribution >= 4 is 11.8 Å². The summed E-state index contributed by atoms with van der Waals surface area (Å²) < 4.78 is 0.949. The lowest BCUT2D eigenvalue weighted by atomic mass is 10.5. The van der Waals surface area contributed by atoms with E-state index in [0.29, 0.717) is 0 Å². The molecule has 0 unspecified atom stereocenters. The molecule has 70 valence electrons. The van der Waals surface area contributed by atoms with Crippen LogP contribution >= 0.6 is 0 Å². The van der Waals surface area contributed by atoms with Gasteiger partial charge in [0.1, 0.15) is 6.54 Å². The number of tetrazole rings is 1. The number of amides is 2. The van der Waals surface area contributed by atoms with Gasteiger partial charge in [-0.05, 0) is 10.4 Å². The number of nitrogens with zero attached hydrogens (tertiary/aromatic N) is 4. The van der Waals surface area contributed by atoms with Crippen molar-refractivity contribution in [1.82, 2.24) is 25.6 Å². The Kier molecular flexibility index (Phi) is 2.50. The smallest absolute Gasteiger partial charge is 0.288 e. The summed E-state index contributed by atoms with van der Waals surface area (Å²) >= 11 is 0. The van der Waals surface area contributed by atoms with Gasteiger partial charge in [-0.1, -0.05) is 0 Å². The lowest BCUT2D eigenvalue weighted by molar-refractivity contribution is -0.121. The number of carbonyl (C=O) groups is 2. The van der Waals surface area contributed by atoms with Crippen LogP contribution in [0.25, 0.3) is 0 Å². The van der Waals surface area contributed by atoms with Gasteiger partial charge in [-0.3, -0.25) is 15.0 Å². The number of hydrogen-bond acceptors (Lipinski definition) is 6. The maximum absolute atomic E-state index is 10.7. The monoisotopic (exact) mass is 185 g/mol. The number of hydrazine groups is 1. The summed E-state index contributed by atoms with van der Waals surface area (Å²) in [6.07, 6.45) is 0. The number of nitrogens with one attached hydrogen (secondary N) is 1. The Bertz CT molecular complexity index is 331. The molecule has 0 fully saturated rings. The molecule has 5 N–H and O–H groups in total. The van der Waals surface area contributed by atoms with Gasteiger partial charge in [0, 0.05) is 0 Å². The van der Waals surface area contributed by atoms with Crippen LogP contribution in [-0.2, 0) is 11.3 Å². The van der Waals surface area contributed by atoms with Gasteiger partial charge < -0.3 is 5.73 Å². The summed E-state index contributed by atoms with van der Waals surface area (Å²) in [5.41, 5.74) is 6.77. The van der Waals surface area contributed by atoms with Gasteiger partial charge in [-0.15, -0.1) is 5.10 Å². The third-order valence-electron chi connectivity index (χ3n) is 1.21. The molecule has 1 rings (SSSR count). The van der Waals surface area contributed by atoms with Crippen molar-refractivity contribution < 1.29 is 9.59 Å². The third kappa shape index (κ3) is 1.96. The first kappa shape index (κ1) is 9.06. The van der Waals surface area contributed by atoms with E-state index in [0.717, 1.165) is 4.68 Å². The molecule has 0 aliphatic rings. The normalized spacial score (nSPS) is 9.62. The highest BCUT2D eigenvalue weighted by Crippen LogP contribution is 1.89. The fraction of sp³-hybridized carbons (Fsp3) is 0.250. The van der Waals surface area contributed by atoms with Crippen molar-refractivity contribution in [2.75, 3.05) is 0 Å². The van der Waals surface area contributed by atoms with Gasteiger partial charge in [0.2, 0.25) is 5.82 Å². The number of nitrogens with two attached hydrogens (primary N) is 2. The van der Waals surface area contributed by atoms with E-state index in [2.05, 4.69) is 15.5 Å². The lowest BCUT2D eigenvalue weighted by Gasteiger charge is -1.99. The van der Waals surface area contributed by atoms with E-state index in [1.54, 1.807) is 0 Å². The Hall–Kier alpha value is -2.03. The third-order valence-corrected chi connectivity index (χ3v) is 1.21. The number of hydrogen-bond donors (Lipinski definition) is 3. The summed E-state index contributed by atoms with van der Waals surface area (Å²) in [5, 5.41) is 9.85. The zero-order chi connectivity index (χ0) is 9.84. The summed E-state index contributed by atoms with van der Waals surface area (Å²) in [4.78, 5) is 21.4. The average molecular weight is 185 g/mol. The molecule has 0 saturated heterocycles. The molecule has 13 heavy (non-hydrogen) atoms. The Morgan fingerprint density at radius 3 is 2.77 bits per heavy atom. The Morgan fingerprint density at radius 1 is 1.54 bits per heavy atom. The van der Waals surface area contributed by atoms with Gasteiger partial charge in [0.25, 0.3) is 11.8 Å². The topological polar surface area (TPSA) is 142 Å². The first-order valence-corrected chi connectivity index (χ1v) is 3.20. The highest BCUT2D eigenvalue weighted by atomic mass is 16.2. The zero-order valence-corrected chi connectivity index (χ0v) is 6.47. The molecular weight excluding hydrogens is 178 g/mol. The van der Waals surface area contributed by atoms with Crippen LogP contribution in [0.3, 0.4) is 0 Å². The molecule has 2 amide bonds. The van der Waals surface area contributed by atoms with Gasteiger partial charge in [0.15, 0.2) is 0 Å². The minimum atomic E-state index is -0.810. The van der Waals surface area contributed by atoms with Gasteiger partial charge in [-0.2, -0.15) is 0 Å². The Labute approximate surface area is 72.0 Å². The molecule has 0 aromatic carbocycles. The van der Waals surface area contributed by atoms with Crippen LogP contribution < -0.4 is 17.0 Å². The van der Waals surface area contributed by atoms with Crippen LogP contribution in [0.4, 0.5) is 0 Å². The number of primary amides is 1. The quantitative estimate of drug-likeness (QED) is 0.256. The molecule has 9 nitrogen and oxygen atoms in total. The highest BCUT2D eigenvalue weighted by molar-refractivity contribution is 5.89. The number of rotatable bonds is 3. The first-order chi connectivity index (χ1) is 6.15. The summed E-state index contributed by atoms with van der Waals surface area (Å²) in [5.74, 6) is 3.28. The number of aromatic nitrogens is 4. The molecule has 1 heterocycles. The standard InChI is InChI=1S/C4H7N7O2/c5-3(13)4-8-9-10-11(4)1-2(12)7-6/h1,6H2,(H2,5,13)(H,7,12). The predicted octanol–water partition coefficient (Wildman–Crippen LogP) is -3.24. The van der Waals surface area contributed by atoms with E-state index < -0.39 is 11.8 Å². The first-order valence-electron chi connectivity index (χ1n) is 3.20. The molecule has 0 radical (unpaired) electrons. The van der Waals surface area contributed by atoms with Gasteiger partial charge >= 0.3 is 0 Å². The van der Waals surface area contributed by atoms with E-state index in [9.17, 15) is 9.59 Å². The molecule has 9 heteroatoms. The van der Waals surface area contributed by atoms with Crippen molar-refractivity contribution in [3.05, 3.63) is 5.82 Å². The second kappa shape index (κ2) is 3.58. The number of carbonyl (C=O) groups excluding carboxylic acids is 2. The maximum Gasteiger partial charge on any atom is 0.288 e. The van der Waals surface area contributed by atoms with E-state index in [1.165, 1.54) is 0 Å². The lowest BCUT2D eigenvalue weighted by Crippen LogP contribution is -2.34. The summed E-state index contributed by atoms with van der Waals surface area (Å²) in [6.45, 7) is -0.248. The fourth-order valence-corrected chi connectivity index (χ4v) is 0.669. The fourth-order valence-electron chi connectivity index (χ4n) is 0.669. The summed E-state index contributed by atoms with van der Waals surface area (Å²) in [6, 6.07) is 0. The van der Waals surface area contributed by atoms with E-state index in [-0.39, 0.29) is 12.4 Å². The zero-order valence-electron chi connectivity index (χ0n) is 6.47. The molecule has 0 aliphatic carbocycles. The largest absolute Gasteiger partial charge is 0.363 e. The molecule has 0 atom stereocenters. The second-order valence-electron chi connectivity index (χ2n) is 2.09. The van der Waals surface area contributed by atoms with Crippen LogP contribution in [0.2, 0.25) is 0 Å². The van der Waals surface area contributed by atoms with Crippen molar-refractivity contribution in [2.45, 2.75) is 6.54 Å². The van der Waals surface area contributed by atoms with Crippen molar-refractivity contribution in [1.29, 1.82) is 0 Å². The van der Waals surface area contributed by atoms with Crippen LogP contribution in [-0.4, -0.2) is 32.0 Å². The molecular formula is C4H7N7O2. The minimum Gasteiger partial charge on any atom is -0.363 e. The van der Waals surface area contributed by atoms with Crippen LogP contribution in [0.15, 0.2) is 0 Å². The summed E-state index contributed by atoms with van der Waals surface area (Å²) in [7, 11) is 0. The van der Waals surface area contributed by atoms with E-state index >= 15 is 0 Å².